The Bertz CT molecular complexity index is 457. The summed E-state index contributed by atoms with van der Waals surface area (Å²) in [6, 6.07) is 0. The van der Waals surface area contributed by atoms with E-state index in [1.54, 1.807) is 6.92 Å². The van der Waals surface area contributed by atoms with Gasteiger partial charge in [-0.25, -0.2) is 0 Å². The third kappa shape index (κ3) is 8.12. The molecule has 0 saturated heterocycles. The molecule has 3 saturated carbocycles. The summed E-state index contributed by atoms with van der Waals surface area (Å²) in [5, 5.41) is 0.399. The molecule has 3 rings (SSSR count). The number of alkyl halides is 1. The molecule has 0 aromatic rings. The highest BCUT2D eigenvalue weighted by molar-refractivity contribution is 6.20. The quantitative estimate of drug-likeness (QED) is 0.417. The molecule has 1 atom stereocenters. The molecular formula is C27H52ClNO. The normalized spacial score (nSPS) is 25.0. The molecule has 3 N–H and O–H groups in total. The van der Waals surface area contributed by atoms with E-state index in [4.69, 9.17) is 11.6 Å². The molecule has 0 radical (unpaired) electrons. The van der Waals surface area contributed by atoms with Crippen molar-refractivity contribution in [3.8, 4) is 0 Å². The molecule has 30 heavy (non-hydrogen) atoms. The monoisotopic (exact) mass is 441 g/mol. The number of rotatable bonds is 6. The Hall–Kier alpha value is -0.0800. The minimum Gasteiger partial charge on any atom is -0.344 e. The first-order chi connectivity index (χ1) is 13.9. The van der Waals surface area contributed by atoms with Crippen LogP contribution in [0.3, 0.4) is 0 Å². The molecule has 3 aliphatic carbocycles. The molecule has 0 bridgehead atoms. The van der Waals surface area contributed by atoms with Gasteiger partial charge in [-0.05, 0) is 108 Å². The number of hydrogen-bond acceptors (Lipinski definition) is 2. The van der Waals surface area contributed by atoms with Crippen LogP contribution < -0.4 is 6.15 Å². The Morgan fingerprint density at radius 2 is 1.37 bits per heavy atom. The highest BCUT2D eigenvalue weighted by Gasteiger charge is 2.37. The topological polar surface area (TPSA) is 52.1 Å². The fourth-order valence-electron chi connectivity index (χ4n) is 6.84. The van der Waals surface area contributed by atoms with Crippen molar-refractivity contribution in [2.45, 2.75) is 142 Å². The van der Waals surface area contributed by atoms with Crippen molar-refractivity contribution in [3.05, 3.63) is 0 Å². The predicted molar refractivity (Wildman–Crippen MR) is 133 cm³/mol. The van der Waals surface area contributed by atoms with Crippen LogP contribution in [0.4, 0.5) is 0 Å². The van der Waals surface area contributed by atoms with Gasteiger partial charge >= 0.3 is 0 Å². The smallest absolute Gasteiger partial charge is 0.132 e. The molecule has 0 heterocycles. The van der Waals surface area contributed by atoms with Crippen LogP contribution in [-0.2, 0) is 4.79 Å². The van der Waals surface area contributed by atoms with Crippen molar-refractivity contribution in [3.63, 3.8) is 0 Å². The molecule has 3 heteroatoms. The summed E-state index contributed by atoms with van der Waals surface area (Å²) < 4.78 is 0. The van der Waals surface area contributed by atoms with Crippen molar-refractivity contribution in [1.82, 2.24) is 6.15 Å². The van der Waals surface area contributed by atoms with Gasteiger partial charge < -0.3 is 6.15 Å². The molecule has 178 valence electrons. The van der Waals surface area contributed by atoms with Gasteiger partial charge in [0, 0.05) is 11.3 Å². The van der Waals surface area contributed by atoms with E-state index >= 15 is 0 Å². The Morgan fingerprint density at radius 1 is 0.867 bits per heavy atom. The fourth-order valence-corrected chi connectivity index (χ4v) is 7.09. The van der Waals surface area contributed by atoms with Gasteiger partial charge in [0.15, 0.2) is 0 Å². The second kappa shape index (κ2) is 13.5. The van der Waals surface area contributed by atoms with E-state index in [2.05, 4.69) is 20.8 Å². The van der Waals surface area contributed by atoms with Gasteiger partial charge in [-0.1, -0.05) is 46.0 Å². The van der Waals surface area contributed by atoms with Gasteiger partial charge in [0.1, 0.15) is 5.78 Å². The number of ketones is 1. The van der Waals surface area contributed by atoms with Crippen LogP contribution in [0.2, 0.25) is 0 Å². The minimum absolute atomic E-state index is 0. The van der Waals surface area contributed by atoms with Gasteiger partial charge in [-0.15, -0.1) is 11.6 Å². The second-order valence-electron chi connectivity index (χ2n) is 11.0. The molecule has 0 aromatic carbocycles. The summed E-state index contributed by atoms with van der Waals surface area (Å²) in [7, 11) is 0. The minimum atomic E-state index is 0. The van der Waals surface area contributed by atoms with E-state index in [1.807, 2.05) is 0 Å². The second-order valence-corrected chi connectivity index (χ2v) is 11.6. The molecule has 3 fully saturated rings. The summed E-state index contributed by atoms with van der Waals surface area (Å²) in [6.07, 6.45) is 23.4. The fraction of sp³-hybridized carbons (Fsp3) is 0.963. The van der Waals surface area contributed by atoms with Gasteiger partial charge in [0.2, 0.25) is 0 Å². The lowest BCUT2D eigenvalue weighted by Gasteiger charge is -2.43. The van der Waals surface area contributed by atoms with Gasteiger partial charge in [-0.2, -0.15) is 0 Å². The zero-order valence-corrected chi connectivity index (χ0v) is 21.5. The standard InChI is InChI=1S/C14H26O.C13H23Cl.H3N/c1-4-8-14(9-5-2)10-6-13(7-11-14)12(3)15;1-11(14)12-5-9-13(10-6-12)7-3-2-4-8-13;/h13H,4-11H2,1-3H3;11-12H,2-10H2,1H3;1H3. The van der Waals surface area contributed by atoms with E-state index in [0.29, 0.717) is 22.5 Å². The number of halogens is 1. The summed E-state index contributed by atoms with van der Waals surface area (Å²) in [6.45, 7) is 8.51. The van der Waals surface area contributed by atoms with Crippen LogP contribution in [0.15, 0.2) is 0 Å². The van der Waals surface area contributed by atoms with Crippen LogP contribution in [0.5, 0.6) is 0 Å². The number of carbonyl (C=O) groups is 1. The van der Waals surface area contributed by atoms with E-state index in [-0.39, 0.29) is 6.15 Å². The third-order valence-corrected chi connectivity index (χ3v) is 9.19. The number of Topliss-reactive ketones (excluding diaryl/α,β-unsaturated/α-hetero) is 1. The maximum absolute atomic E-state index is 11.3. The summed E-state index contributed by atoms with van der Waals surface area (Å²) in [5.74, 6) is 1.60. The van der Waals surface area contributed by atoms with Gasteiger partial charge in [-0.3, -0.25) is 4.79 Å². The maximum Gasteiger partial charge on any atom is 0.132 e. The Kier molecular flexibility index (Phi) is 12.5. The average molecular weight is 442 g/mol. The Labute approximate surface area is 193 Å². The molecule has 2 nitrogen and oxygen atoms in total. The zero-order chi connectivity index (χ0) is 21.3. The lowest BCUT2D eigenvalue weighted by Crippen LogP contribution is -2.31. The van der Waals surface area contributed by atoms with E-state index < -0.39 is 0 Å². The highest BCUT2D eigenvalue weighted by Crippen LogP contribution is 2.49. The zero-order valence-electron chi connectivity index (χ0n) is 20.7. The van der Waals surface area contributed by atoms with Crippen molar-refractivity contribution in [1.29, 1.82) is 0 Å². The predicted octanol–water partition coefficient (Wildman–Crippen LogP) is 9.27. The third-order valence-electron chi connectivity index (χ3n) is 8.84. The van der Waals surface area contributed by atoms with Crippen molar-refractivity contribution in [2.75, 3.05) is 0 Å². The van der Waals surface area contributed by atoms with Crippen LogP contribution in [0.25, 0.3) is 0 Å². The van der Waals surface area contributed by atoms with Crippen LogP contribution in [0.1, 0.15) is 137 Å². The molecule has 0 amide bonds. The largest absolute Gasteiger partial charge is 0.344 e. The van der Waals surface area contributed by atoms with E-state index in [1.165, 1.54) is 96.3 Å². The molecule has 1 unspecified atom stereocenters. The van der Waals surface area contributed by atoms with Crippen LogP contribution in [0, 0.1) is 22.7 Å². The summed E-state index contributed by atoms with van der Waals surface area (Å²) >= 11 is 6.18. The summed E-state index contributed by atoms with van der Waals surface area (Å²) in [4.78, 5) is 11.3. The first-order valence-electron chi connectivity index (χ1n) is 13.0. The molecule has 0 aliphatic heterocycles. The maximum atomic E-state index is 11.3. The van der Waals surface area contributed by atoms with Crippen molar-refractivity contribution < 1.29 is 4.79 Å². The van der Waals surface area contributed by atoms with Crippen molar-refractivity contribution >= 4 is 17.4 Å². The molecule has 3 aliphatic rings. The van der Waals surface area contributed by atoms with E-state index in [9.17, 15) is 4.79 Å². The average Bonchev–Trinajstić information content (AvgIpc) is 2.70. The molecule has 1 spiro atoms. The first kappa shape index (κ1) is 28.0. The lowest BCUT2D eigenvalue weighted by molar-refractivity contribution is -0.122. The van der Waals surface area contributed by atoms with Crippen LogP contribution >= 0.6 is 11.6 Å². The summed E-state index contributed by atoms with van der Waals surface area (Å²) in [5.41, 5.74) is 1.36. The number of hydrogen-bond donors (Lipinski definition) is 1. The van der Waals surface area contributed by atoms with Gasteiger partial charge in [0.05, 0.1) is 0 Å². The lowest BCUT2D eigenvalue weighted by atomic mass is 9.63. The number of carbonyl (C=O) groups excluding carboxylic acids is 1. The highest BCUT2D eigenvalue weighted by atomic mass is 35.5. The Balaban J connectivity index is 0.000000291. The van der Waals surface area contributed by atoms with Crippen LogP contribution in [-0.4, -0.2) is 11.2 Å². The molecular weight excluding hydrogens is 390 g/mol. The molecule has 0 aromatic heterocycles. The van der Waals surface area contributed by atoms with E-state index in [0.717, 1.165) is 24.2 Å². The first-order valence-corrected chi connectivity index (χ1v) is 13.4. The Morgan fingerprint density at radius 3 is 1.77 bits per heavy atom. The van der Waals surface area contributed by atoms with Crippen molar-refractivity contribution in [2.24, 2.45) is 22.7 Å². The SMILES string of the molecule is CC(Cl)C1CCC2(CCCCC2)CC1.CCCC1(CCC)CCC(C(C)=O)CC1.N. The van der Waals surface area contributed by atoms with Gasteiger partial charge in [0.25, 0.3) is 0 Å².